The van der Waals surface area contributed by atoms with Gasteiger partial charge in [0.25, 0.3) is 0 Å². The van der Waals surface area contributed by atoms with Gasteiger partial charge in [-0.2, -0.15) is 0 Å². The maximum atomic E-state index is 5.80. The van der Waals surface area contributed by atoms with Crippen molar-refractivity contribution >= 4 is 0 Å². The lowest BCUT2D eigenvalue weighted by Crippen LogP contribution is -2.44. The molecule has 0 spiro atoms. The Bertz CT molecular complexity index is 575. The zero-order chi connectivity index (χ0) is 17.1. The van der Waals surface area contributed by atoms with Crippen molar-refractivity contribution in [1.29, 1.82) is 0 Å². The van der Waals surface area contributed by atoms with Crippen molar-refractivity contribution in [2.45, 2.75) is 39.5 Å². The zero-order valence-electron chi connectivity index (χ0n) is 15.5. The topological polar surface area (TPSA) is 26.0 Å². The van der Waals surface area contributed by atoms with Crippen LogP contribution in [-0.2, 0) is 11.8 Å². The van der Waals surface area contributed by atoms with E-state index in [1.807, 2.05) is 0 Å². The Kier molecular flexibility index (Phi) is 5.49. The van der Waals surface area contributed by atoms with E-state index in [2.05, 4.69) is 77.4 Å². The number of hydrogen-bond acceptors (Lipinski definition) is 1. The summed E-state index contributed by atoms with van der Waals surface area (Å²) in [4.78, 5) is 0. The van der Waals surface area contributed by atoms with Gasteiger partial charge < -0.3 is 5.73 Å². The second kappa shape index (κ2) is 7.02. The molecule has 1 aliphatic heterocycles. The summed E-state index contributed by atoms with van der Waals surface area (Å²) in [7, 11) is 2.30. The van der Waals surface area contributed by atoms with Crippen molar-refractivity contribution in [1.82, 2.24) is 0 Å². The lowest BCUT2D eigenvalue weighted by atomic mass is 9.86. The fraction of sp³-hybridized carbons (Fsp3) is 0.524. The molecule has 0 amide bonds. The summed E-state index contributed by atoms with van der Waals surface area (Å²) in [5.74, 6) is 0.641. The van der Waals surface area contributed by atoms with E-state index < -0.39 is 0 Å². The van der Waals surface area contributed by atoms with E-state index in [1.165, 1.54) is 16.7 Å². The smallest absolute Gasteiger partial charge is 0.102 e. The molecule has 1 aromatic rings. The highest BCUT2D eigenvalue weighted by atomic mass is 15.3. The van der Waals surface area contributed by atoms with Crippen molar-refractivity contribution in [3.05, 3.63) is 59.3 Å². The number of nitrogens with two attached hydrogens (primary N) is 1. The Morgan fingerprint density at radius 3 is 2.39 bits per heavy atom. The maximum Gasteiger partial charge on any atom is 0.102 e. The predicted octanol–water partition coefficient (Wildman–Crippen LogP) is 4.02. The van der Waals surface area contributed by atoms with Crippen LogP contribution >= 0.6 is 0 Å². The Balaban J connectivity index is 1.98. The van der Waals surface area contributed by atoms with Gasteiger partial charge in [0.1, 0.15) is 12.7 Å². The Morgan fingerprint density at radius 1 is 1.17 bits per heavy atom. The van der Waals surface area contributed by atoms with Crippen molar-refractivity contribution < 1.29 is 4.48 Å². The number of hydrogen-bond donors (Lipinski definition) is 1. The van der Waals surface area contributed by atoms with Crippen LogP contribution in [0.3, 0.4) is 0 Å². The van der Waals surface area contributed by atoms with Crippen LogP contribution in [0.25, 0.3) is 0 Å². The molecule has 0 radical (unpaired) electrons. The summed E-state index contributed by atoms with van der Waals surface area (Å²) < 4.78 is 0.963. The minimum Gasteiger partial charge on any atom is -0.326 e. The van der Waals surface area contributed by atoms with E-state index in [4.69, 9.17) is 5.73 Å². The van der Waals surface area contributed by atoms with Crippen LogP contribution in [0.5, 0.6) is 0 Å². The van der Waals surface area contributed by atoms with Crippen LogP contribution in [0.15, 0.2) is 48.2 Å². The quantitative estimate of drug-likeness (QED) is 0.816. The first kappa shape index (κ1) is 18.0. The van der Waals surface area contributed by atoms with Crippen molar-refractivity contribution in [3.63, 3.8) is 0 Å². The van der Waals surface area contributed by atoms with Gasteiger partial charge in [-0.15, -0.1) is 0 Å². The molecule has 0 bridgehead atoms. The van der Waals surface area contributed by atoms with Crippen LogP contribution in [0.2, 0.25) is 0 Å². The van der Waals surface area contributed by atoms with E-state index in [0.29, 0.717) is 12.5 Å². The molecule has 2 rings (SSSR count). The number of nitrogens with zero attached hydrogens (tertiary/aromatic N) is 1. The minimum absolute atomic E-state index is 0.229. The fourth-order valence-corrected chi connectivity index (χ4v) is 3.51. The number of likely N-dealkylation sites (N-methyl/N-ethyl adjacent to an activating group) is 1. The highest BCUT2D eigenvalue weighted by molar-refractivity contribution is 5.27. The molecular weight excluding hydrogens is 280 g/mol. The second-order valence-corrected chi connectivity index (χ2v) is 8.41. The summed E-state index contributed by atoms with van der Waals surface area (Å²) in [6.07, 6.45) is 7.88. The Morgan fingerprint density at radius 2 is 1.83 bits per heavy atom. The van der Waals surface area contributed by atoms with Crippen LogP contribution in [-0.4, -0.2) is 31.2 Å². The van der Waals surface area contributed by atoms with Crippen LogP contribution < -0.4 is 5.73 Å². The molecule has 2 heteroatoms. The number of rotatable bonds is 5. The van der Waals surface area contributed by atoms with Gasteiger partial charge in [-0.25, -0.2) is 0 Å². The first-order chi connectivity index (χ1) is 10.7. The van der Waals surface area contributed by atoms with Gasteiger partial charge in [0, 0.05) is 18.0 Å². The number of quaternary nitrogens is 1. The molecule has 1 aromatic carbocycles. The third-order valence-corrected chi connectivity index (χ3v) is 4.70. The lowest BCUT2D eigenvalue weighted by molar-refractivity contribution is -0.858. The van der Waals surface area contributed by atoms with Crippen molar-refractivity contribution in [2.24, 2.45) is 11.7 Å². The molecule has 0 aliphatic carbocycles. The van der Waals surface area contributed by atoms with Gasteiger partial charge in [0.05, 0.1) is 13.6 Å². The van der Waals surface area contributed by atoms with Crippen LogP contribution in [0.4, 0.5) is 0 Å². The Labute approximate surface area is 142 Å². The molecule has 1 aliphatic rings. The van der Waals surface area contributed by atoms with Gasteiger partial charge in [0.15, 0.2) is 0 Å². The van der Waals surface area contributed by atoms with E-state index >= 15 is 0 Å². The number of benzene rings is 1. The van der Waals surface area contributed by atoms with E-state index in [-0.39, 0.29) is 5.41 Å². The highest BCUT2D eigenvalue weighted by Crippen LogP contribution is 2.24. The first-order valence-electron chi connectivity index (χ1n) is 8.74. The normalized spacial score (nSPS) is 22.8. The Hall–Kier alpha value is -1.38. The summed E-state index contributed by atoms with van der Waals surface area (Å²) in [5.41, 5.74) is 10.1. The van der Waals surface area contributed by atoms with Crippen molar-refractivity contribution in [3.8, 4) is 0 Å². The molecule has 0 fully saturated rings. The molecule has 2 unspecified atom stereocenters. The first-order valence-corrected chi connectivity index (χ1v) is 8.74. The molecule has 2 nitrogen and oxygen atoms in total. The van der Waals surface area contributed by atoms with Gasteiger partial charge in [0.2, 0.25) is 0 Å². The fourth-order valence-electron chi connectivity index (χ4n) is 3.51. The SMILES string of the molecule is CC(Cc1ccc(C(C)(C)C)cc1)C[N+]1(C)C=C(CN)C=CC1. The van der Waals surface area contributed by atoms with E-state index in [1.54, 1.807) is 0 Å². The summed E-state index contributed by atoms with van der Waals surface area (Å²) >= 11 is 0. The summed E-state index contributed by atoms with van der Waals surface area (Å²) in [5, 5.41) is 0. The highest BCUT2D eigenvalue weighted by Gasteiger charge is 2.24. The van der Waals surface area contributed by atoms with Crippen molar-refractivity contribution in [2.75, 3.05) is 26.7 Å². The van der Waals surface area contributed by atoms with Gasteiger partial charge in [-0.1, -0.05) is 58.0 Å². The maximum absolute atomic E-state index is 5.80. The molecule has 0 saturated carbocycles. The third-order valence-electron chi connectivity index (χ3n) is 4.70. The molecule has 0 aromatic heterocycles. The molecule has 126 valence electrons. The third kappa shape index (κ3) is 5.05. The largest absolute Gasteiger partial charge is 0.326 e. The lowest BCUT2D eigenvalue weighted by Gasteiger charge is -2.34. The molecular formula is C21H33N2+. The minimum atomic E-state index is 0.229. The summed E-state index contributed by atoms with van der Waals surface area (Å²) in [6.45, 7) is 12.0. The standard InChI is InChI=1S/C21H33N2/c1-17(15-23(5)12-6-7-19(14-22)16-23)13-18-8-10-20(11-9-18)21(2,3)4/h6-11,16-17H,12-15,22H2,1-5H3/q+1. The summed E-state index contributed by atoms with van der Waals surface area (Å²) in [6, 6.07) is 9.17. The van der Waals surface area contributed by atoms with Gasteiger partial charge in [-0.3, -0.25) is 4.48 Å². The van der Waals surface area contributed by atoms with E-state index in [0.717, 1.165) is 24.0 Å². The second-order valence-electron chi connectivity index (χ2n) is 8.41. The molecule has 2 atom stereocenters. The monoisotopic (exact) mass is 313 g/mol. The molecule has 2 N–H and O–H groups in total. The molecule has 0 saturated heterocycles. The predicted molar refractivity (Wildman–Crippen MR) is 100 cm³/mol. The van der Waals surface area contributed by atoms with Gasteiger partial charge >= 0.3 is 0 Å². The average molecular weight is 314 g/mol. The van der Waals surface area contributed by atoms with Gasteiger partial charge in [-0.05, 0) is 29.0 Å². The van der Waals surface area contributed by atoms with Crippen LogP contribution in [0.1, 0.15) is 38.8 Å². The van der Waals surface area contributed by atoms with Crippen LogP contribution in [0, 0.1) is 5.92 Å². The average Bonchev–Trinajstić information content (AvgIpc) is 2.46. The zero-order valence-corrected chi connectivity index (χ0v) is 15.5. The molecule has 1 heterocycles. The van der Waals surface area contributed by atoms with E-state index in [9.17, 15) is 0 Å². The molecule has 23 heavy (non-hydrogen) atoms.